The Bertz CT molecular complexity index is 798. The number of hydroxylamine groups is 2. The van der Waals surface area contributed by atoms with Gasteiger partial charge in [0.2, 0.25) is 0 Å². The van der Waals surface area contributed by atoms with E-state index in [1.807, 2.05) is 30.3 Å². The van der Waals surface area contributed by atoms with E-state index >= 15 is 0 Å². The number of benzene rings is 2. The number of phenols is 1. The van der Waals surface area contributed by atoms with Crippen LogP contribution in [0.15, 0.2) is 54.6 Å². The van der Waals surface area contributed by atoms with E-state index in [4.69, 9.17) is 14.3 Å². The molecule has 156 valence electrons. The summed E-state index contributed by atoms with van der Waals surface area (Å²) in [5, 5.41) is 10.4. The number of amides is 1. The van der Waals surface area contributed by atoms with Crippen LogP contribution in [0.2, 0.25) is 0 Å². The fraction of sp³-hybridized carbons (Fsp3) is 0.364. The lowest BCUT2D eigenvalue weighted by Gasteiger charge is -2.31. The summed E-state index contributed by atoms with van der Waals surface area (Å²) in [4.78, 5) is 31.0. The lowest BCUT2D eigenvalue weighted by Crippen LogP contribution is -2.48. The normalized spacial score (nSPS) is 12.1. The van der Waals surface area contributed by atoms with Gasteiger partial charge in [-0.3, -0.25) is 4.84 Å². The van der Waals surface area contributed by atoms with Crippen molar-refractivity contribution in [1.82, 2.24) is 5.06 Å². The van der Waals surface area contributed by atoms with Gasteiger partial charge in [-0.05, 0) is 44.0 Å². The van der Waals surface area contributed by atoms with E-state index in [0.29, 0.717) is 0 Å². The van der Waals surface area contributed by atoms with Crippen molar-refractivity contribution in [3.8, 4) is 5.75 Å². The van der Waals surface area contributed by atoms with E-state index < -0.39 is 23.7 Å². The summed E-state index contributed by atoms with van der Waals surface area (Å²) in [5.41, 5.74) is 0.773. The van der Waals surface area contributed by atoms with Crippen molar-refractivity contribution in [2.45, 2.75) is 45.4 Å². The topological polar surface area (TPSA) is 85.3 Å². The maximum Gasteiger partial charge on any atom is 0.435 e. The van der Waals surface area contributed by atoms with Crippen LogP contribution in [0.1, 0.15) is 31.9 Å². The van der Waals surface area contributed by atoms with Gasteiger partial charge in [-0.1, -0.05) is 42.5 Å². The molecule has 0 aromatic heterocycles. The molecule has 1 atom stereocenters. The zero-order valence-electron chi connectivity index (χ0n) is 17.1. The van der Waals surface area contributed by atoms with Gasteiger partial charge in [-0.25, -0.2) is 9.59 Å². The highest BCUT2D eigenvalue weighted by molar-refractivity contribution is 5.81. The van der Waals surface area contributed by atoms with Crippen molar-refractivity contribution in [2.75, 3.05) is 7.11 Å². The minimum absolute atomic E-state index is 0.0726. The Morgan fingerprint density at radius 2 is 1.62 bits per heavy atom. The number of hydrogen-bond acceptors (Lipinski definition) is 6. The SMILES string of the molecule is COC(=O)[C@H](Cc1ccc(O)cc1)N(OCc1ccccc1)C(=O)OC(C)(C)C. The molecular formula is C22H27NO6. The van der Waals surface area contributed by atoms with Crippen LogP contribution < -0.4 is 0 Å². The summed E-state index contributed by atoms with van der Waals surface area (Å²) in [6.07, 6.45) is -0.663. The van der Waals surface area contributed by atoms with Crippen LogP contribution >= 0.6 is 0 Å². The predicted molar refractivity (Wildman–Crippen MR) is 107 cm³/mol. The summed E-state index contributed by atoms with van der Waals surface area (Å²) in [6.45, 7) is 5.26. The molecule has 0 aliphatic carbocycles. The smallest absolute Gasteiger partial charge is 0.435 e. The van der Waals surface area contributed by atoms with Crippen LogP contribution in [0, 0.1) is 0 Å². The molecule has 2 rings (SSSR count). The lowest BCUT2D eigenvalue weighted by molar-refractivity contribution is -0.194. The Morgan fingerprint density at radius 3 is 2.17 bits per heavy atom. The standard InChI is InChI=1S/C22H27NO6/c1-22(2,3)29-21(26)23(28-15-17-8-6-5-7-9-17)19(20(25)27-4)14-16-10-12-18(24)13-11-16/h5-13,19,24H,14-15H2,1-4H3/t19-/m0/s1. The first-order valence-corrected chi connectivity index (χ1v) is 9.24. The zero-order chi connectivity index (χ0) is 21.4. The van der Waals surface area contributed by atoms with Crippen molar-refractivity contribution < 1.29 is 29.0 Å². The Balaban J connectivity index is 2.29. The van der Waals surface area contributed by atoms with Crippen molar-refractivity contribution >= 4 is 12.1 Å². The first kappa shape index (κ1) is 22.2. The maximum absolute atomic E-state index is 12.8. The first-order chi connectivity index (χ1) is 13.7. The van der Waals surface area contributed by atoms with Gasteiger partial charge in [0, 0.05) is 6.42 Å². The van der Waals surface area contributed by atoms with Gasteiger partial charge < -0.3 is 14.6 Å². The number of nitrogens with zero attached hydrogens (tertiary/aromatic N) is 1. The number of rotatable bonds is 7. The summed E-state index contributed by atoms with van der Waals surface area (Å²) in [7, 11) is 1.25. The van der Waals surface area contributed by atoms with Crippen molar-refractivity contribution in [3.05, 3.63) is 65.7 Å². The van der Waals surface area contributed by atoms with Crippen LogP contribution in [-0.2, 0) is 32.1 Å². The molecule has 2 aromatic carbocycles. The zero-order valence-corrected chi connectivity index (χ0v) is 17.1. The van der Waals surface area contributed by atoms with Gasteiger partial charge in [0.05, 0.1) is 7.11 Å². The fourth-order valence-corrected chi connectivity index (χ4v) is 2.55. The summed E-state index contributed by atoms with van der Waals surface area (Å²) >= 11 is 0. The molecule has 7 heteroatoms. The Labute approximate surface area is 170 Å². The van der Waals surface area contributed by atoms with Gasteiger partial charge in [-0.15, -0.1) is 0 Å². The third-order valence-electron chi connectivity index (χ3n) is 3.91. The molecule has 7 nitrogen and oxygen atoms in total. The Hall–Kier alpha value is -3.06. The van der Waals surface area contributed by atoms with E-state index in [9.17, 15) is 14.7 Å². The molecule has 0 saturated carbocycles. The second-order valence-electron chi connectivity index (χ2n) is 7.47. The molecule has 0 radical (unpaired) electrons. The number of carbonyl (C=O) groups is 2. The van der Waals surface area contributed by atoms with E-state index in [1.54, 1.807) is 32.9 Å². The molecule has 0 saturated heterocycles. The molecule has 0 spiro atoms. The second-order valence-corrected chi connectivity index (χ2v) is 7.47. The van der Waals surface area contributed by atoms with Crippen LogP contribution in [0.5, 0.6) is 5.75 Å². The number of hydrogen-bond donors (Lipinski definition) is 1. The Morgan fingerprint density at radius 1 is 1.00 bits per heavy atom. The van der Waals surface area contributed by atoms with Gasteiger partial charge in [0.1, 0.15) is 18.0 Å². The Kier molecular flexibility index (Phi) is 7.61. The number of ether oxygens (including phenoxy) is 2. The highest BCUT2D eigenvalue weighted by Crippen LogP contribution is 2.19. The van der Waals surface area contributed by atoms with Crippen LogP contribution in [0.25, 0.3) is 0 Å². The fourth-order valence-electron chi connectivity index (χ4n) is 2.55. The molecular weight excluding hydrogens is 374 g/mol. The van der Waals surface area contributed by atoms with Crippen LogP contribution in [0.3, 0.4) is 0 Å². The largest absolute Gasteiger partial charge is 0.508 e. The van der Waals surface area contributed by atoms with E-state index in [0.717, 1.165) is 16.2 Å². The number of esters is 1. The summed E-state index contributed by atoms with van der Waals surface area (Å²) in [6, 6.07) is 14.5. The molecule has 0 fully saturated rings. The van der Waals surface area contributed by atoms with E-state index in [2.05, 4.69) is 0 Å². The number of phenolic OH excluding ortho intramolecular Hbond substituents is 1. The van der Waals surface area contributed by atoms with E-state index in [-0.39, 0.29) is 18.8 Å². The highest BCUT2D eigenvalue weighted by Gasteiger charge is 2.35. The molecule has 2 aromatic rings. The van der Waals surface area contributed by atoms with Crippen molar-refractivity contribution in [2.24, 2.45) is 0 Å². The molecule has 29 heavy (non-hydrogen) atoms. The number of methoxy groups -OCH3 is 1. The molecule has 0 bridgehead atoms. The van der Waals surface area contributed by atoms with Crippen LogP contribution in [-0.4, -0.2) is 41.0 Å². The first-order valence-electron chi connectivity index (χ1n) is 9.24. The molecule has 0 heterocycles. The third-order valence-corrected chi connectivity index (χ3v) is 3.91. The molecule has 0 aliphatic rings. The van der Waals surface area contributed by atoms with E-state index in [1.165, 1.54) is 19.2 Å². The third kappa shape index (κ3) is 7.12. The minimum Gasteiger partial charge on any atom is -0.508 e. The number of aromatic hydroxyl groups is 1. The monoisotopic (exact) mass is 401 g/mol. The maximum atomic E-state index is 12.8. The quantitative estimate of drug-likeness (QED) is 0.560. The van der Waals surface area contributed by atoms with Gasteiger partial charge >= 0.3 is 12.1 Å². The van der Waals surface area contributed by atoms with Gasteiger partial charge in [-0.2, -0.15) is 5.06 Å². The summed E-state index contributed by atoms with van der Waals surface area (Å²) < 4.78 is 10.3. The average Bonchev–Trinajstić information content (AvgIpc) is 2.67. The second kappa shape index (κ2) is 9.93. The molecule has 1 N–H and O–H groups in total. The molecule has 1 amide bonds. The minimum atomic E-state index is -1.07. The predicted octanol–water partition coefficient (Wildman–Crippen LogP) is 3.85. The van der Waals surface area contributed by atoms with Crippen molar-refractivity contribution in [1.29, 1.82) is 0 Å². The molecule has 0 unspecified atom stereocenters. The molecule has 0 aliphatic heterocycles. The number of carbonyl (C=O) groups excluding carboxylic acids is 2. The van der Waals surface area contributed by atoms with Gasteiger partial charge in [0.25, 0.3) is 0 Å². The van der Waals surface area contributed by atoms with Crippen molar-refractivity contribution in [3.63, 3.8) is 0 Å². The highest BCUT2D eigenvalue weighted by atomic mass is 16.7. The summed E-state index contributed by atoms with van der Waals surface area (Å²) in [5.74, 6) is -0.537. The lowest BCUT2D eigenvalue weighted by atomic mass is 10.1. The average molecular weight is 401 g/mol. The van der Waals surface area contributed by atoms with Crippen LogP contribution in [0.4, 0.5) is 4.79 Å². The van der Waals surface area contributed by atoms with Gasteiger partial charge in [0.15, 0.2) is 6.04 Å².